The van der Waals surface area contributed by atoms with E-state index in [9.17, 15) is 13.6 Å². The molecule has 27 heavy (non-hydrogen) atoms. The van der Waals surface area contributed by atoms with Crippen molar-refractivity contribution in [2.24, 2.45) is 0 Å². The first-order valence-electron chi connectivity index (χ1n) is 8.89. The predicted molar refractivity (Wildman–Crippen MR) is 103 cm³/mol. The second-order valence-electron chi connectivity index (χ2n) is 6.73. The lowest BCUT2D eigenvalue weighted by atomic mass is 10.1. The average Bonchev–Trinajstić information content (AvgIpc) is 2.66. The maximum Gasteiger partial charge on any atom is 0.241 e. The Morgan fingerprint density at radius 3 is 2.41 bits per heavy atom. The molecule has 2 aromatic rings. The Bertz CT molecular complexity index is 792. The van der Waals surface area contributed by atoms with Crippen molar-refractivity contribution in [2.45, 2.75) is 19.5 Å². The third-order valence-electron chi connectivity index (χ3n) is 4.84. The first kappa shape index (κ1) is 19.7. The minimum atomic E-state index is -0.775. The molecule has 4 nitrogen and oxygen atoms in total. The standard InChI is InChI=1S/C20H22ClF2N3O/c1-14(20(27)24-19-7-6-17(22)12-18(19)23)26-10-8-25(9-11-26)13-15-2-4-16(21)5-3-15/h2-7,12,14H,8-11,13H2,1H3,(H,24,27). The normalized spacial score (nSPS) is 16.9. The second-order valence-corrected chi connectivity index (χ2v) is 7.16. The number of piperazine rings is 1. The molecule has 1 aliphatic rings. The average molecular weight is 394 g/mol. The number of hydrogen-bond acceptors (Lipinski definition) is 3. The fourth-order valence-corrected chi connectivity index (χ4v) is 3.28. The summed E-state index contributed by atoms with van der Waals surface area (Å²) in [6.45, 7) is 5.80. The lowest BCUT2D eigenvalue weighted by molar-refractivity contribution is -0.121. The van der Waals surface area contributed by atoms with Gasteiger partial charge in [0.15, 0.2) is 0 Å². The number of halogens is 3. The summed E-state index contributed by atoms with van der Waals surface area (Å²) in [6, 6.07) is 10.5. The summed E-state index contributed by atoms with van der Waals surface area (Å²) in [7, 11) is 0. The molecule has 2 aromatic carbocycles. The van der Waals surface area contributed by atoms with Gasteiger partial charge in [0, 0.05) is 43.8 Å². The highest BCUT2D eigenvalue weighted by atomic mass is 35.5. The van der Waals surface area contributed by atoms with Gasteiger partial charge in [0.2, 0.25) is 5.91 Å². The van der Waals surface area contributed by atoms with E-state index >= 15 is 0 Å². The lowest BCUT2D eigenvalue weighted by Gasteiger charge is -2.37. The van der Waals surface area contributed by atoms with Crippen molar-refractivity contribution in [1.29, 1.82) is 0 Å². The zero-order chi connectivity index (χ0) is 19.4. The summed E-state index contributed by atoms with van der Waals surface area (Å²) >= 11 is 5.91. The minimum absolute atomic E-state index is 0.00498. The van der Waals surface area contributed by atoms with Gasteiger partial charge in [0.1, 0.15) is 11.6 Å². The lowest BCUT2D eigenvalue weighted by Crippen LogP contribution is -2.52. The Labute approximate surface area is 162 Å². The Morgan fingerprint density at radius 2 is 1.78 bits per heavy atom. The van der Waals surface area contributed by atoms with Crippen LogP contribution in [0.4, 0.5) is 14.5 Å². The molecule has 1 fully saturated rings. The summed E-state index contributed by atoms with van der Waals surface area (Å²) in [5.41, 5.74) is 1.19. The number of nitrogens with zero attached hydrogens (tertiary/aromatic N) is 2. The highest BCUT2D eigenvalue weighted by molar-refractivity contribution is 6.30. The molecule has 0 bridgehead atoms. The first-order chi connectivity index (χ1) is 12.9. The number of benzene rings is 2. The molecule has 0 saturated carbocycles. The zero-order valence-corrected chi connectivity index (χ0v) is 15.8. The molecule has 144 valence electrons. The van der Waals surface area contributed by atoms with E-state index in [1.807, 2.05) is 24.3 Å². The second kappa shape index (κ2) is 8.78. The van der Waals surface area contributed by atoms with E-state index in [1.165, 1.54) is 11.6 Å². The van der Waals surface area contributed by atoms with Gasteiger partial charge in [-0.25, -0.2) is 8.78 Å². The van der Waals surface area contributed by atoms with E-state index in [2.05, 4.69) is 15.1 Å². The molecule has 0 aromatic heterocycles. The third-order valence-corrected chi connectivity index (χ3v) is 5.09. The van der Waals surface area contributed by atoms with E-state index in [4.69, 9.17) is 11.6 Å². The van der Waals surface area contributed by atoms with Crippen LogP contribution in [0.1, 0.15) is 12.5 Å². The summed E-state index contributed by atoms with van der Waals surface area (Å²) in [6.07, 6.45) is 0. The molecule has 1 saturated heterocycles. The number of carbonyl (C=O) groups excluding carboxylic acids is 1. The molecule has 1 amide bonds. The maximum atomic E-state index is 13.7. The van der Waals surface area contributed by atoms with Gasteiger partial charge in [0.05, 0.1) is 11.7 Å². The van der Waals surface area contributed by atoms with Crippen LogP contribution >= 0.6 is 11.6 Å². The molecule has 0 spiro atoms. The maximum absolute atomic E-state index is 13.7. The monoisotopic (exact) mass is 393 g/mol. The van der Waals surface area contributed by atoms with E-state index in [0.29, 0.717) is 0 Å². The van der Waals surface area contributed by atoms with Crippen molar-refractivity contribution in [1.82, 2.24) is 9.80 Å². The molecular weight excluding hydrogens is 372 g/mol. The summed E-state index contributed by atoms with van der Waals surface area (Å²) < 4.78 is 26.7. The fourth-order valence-electron chi connectivity index (χ4n) is 3.15. The Kier molecular flexibility index (Phi) is 6.42. The Morgan fingerprint density at radius 1 is 1.11 bits per heavy atom. The Balaban J connectivity index is 1.50. The van der Waals surface area contributed by atoms with E-state index < -0.39 is 17.7 Å². The molecule has 1 unspecified atom stereocenters. The highest BCUT2D eigenvalue weighted by Gasteiger charge is 2.26. The molecule has 0 aliphatic carbocycles. The summed E-state index contributed by atoms with van der Waals surface area (Å²) in [5.74, 6) is -1.75. The number of hydrogen-bond donors (Lipinski definition) is 1. The molecule has 7 heteroatoms. The summed E-state index contributed by atoms with van der Waals surface area (Å²) in [4.78, 5) is 16.8. The number of carbonyl (C=O) groups is 1. The molecule has 1 N–H and O–H groups in total. The smallest absolute Gasteiger partial charge is 0.241 e. The van der Waals surface area contributed by atoms with Crippen molar-refractivity contribution in [3.8, 4) is 0 Å². The first-order valence-corrected chi connectivity index (χ1v) is 9.27. The van der Waals surface area contributed by atoms with Crippen LogP contribution in [-0.4, -0.2) is 47.9 Å². The fraction of sp³-hybridized carbons (Fsp3) is 0.350. The van der Waals surface area contributed by atoms with Crippen molar-refractivity contribution in [3.05, 3.63) is 64.7 Å². The van der Waals surface area contributed by atoms with Crippen molar-refractivity contribution in [2.75, 3.05) is 31.5 Å². The van der Waals surface area contributed by atoms with Crippen LogP contribution in [0, 0.1) is 11.6 Å². The van der Waals surface area contributed by atoms with Crippen LogP contribution in [0.3, 0.4) is 0 Å². The SMILES string of the molecule is CC(C(=O)Nc1ccc(F)cc1F)N1CCN(Cc2ccc(Cl)cc2)CC1. The molecule has 1 heterocycles. The number of rotatable bonds is 5. The zero-order valence-electron chi connectivity index (χ0n) is 15.1. The van der Waals surface area contributed by atoms with Gasteiger partial charge in [-0.05, 0) is 36.8 Å². The van der Waals surface area contributed by atoms with E-state index in [1.54, 1.807) is 6.92 Å². The van der Waals surface area contributed by atoms with Gasteiger partial charge in [-0.2, -0.15) is 0 Å². The Hall–Kier alpha value is -2.02. The van der Waals surface area contributed by atoms with Gasteiger partial charge in [0.25, 0.3) is 0 Å². The van der Waals surface area contributed by atoms with E-state index in [-0.39, 0.29) is 11.6 Å². The summed E-state index contributed by atoms with van der Waals surface area (Å²) in [5, 5.41) is 3.27. The van der Waals surface area contributed by atoms with Crippen molar-refractivity contribution in [3.63, 3.8) is 0 Å². The van der Waals surface area contributed by atoms with Gasteiger partial charge >= 0.3 is 0 Å². The molecule has 1 aliphatic heterocycles. The third kappa shape index (κ3) is 5.25. The molecule has 1 atom stereocenters. The van der Waals surface area contributed by atoms with Crippen LogP contribution in [0.2, 0.25) is 5.02 Å². The predicted octanol–water partition coefficient (Wildman–Crippen LogP) is 3.76. The minimum Gasteiger partial charge on any atom is -0.322 e. The van der Waals surface area contributed by atoms with Gasteiger partial charge in [-0.1, -0.05) is 23.7 Å². The quantitative estimate of drug-likeness (QED) is 0.840. The van der Waals surface area contributed by atoms with Gasteiger partial charge < -0.3 is 5.32 Å². The van der Waals surface area contributed by atoms with Gasteiger partial charge in [-0.15, -0.1) is 0 Å². The molecule has 0 radical (unpaired) electrons. The van der Waals surface area contributed by atoms with Crippen molar-refractivity contribution >= 4 is 23.2 Å². The molecular formula is C20H22ClF2N3O. The topological polar surface area (TPSA) is 35.6 Å². The number of anilines is 1. The van der Waals surface area contributed by atoms with Crippen LogP contribution in [0.15, 0.2) is 42.5 Å². The van der Waals surface area contributed by atoms with Crippen LogP contribution in [0.25, 0.3) is 0 Å². The largest absolute Gasteiger partial charge is 0.322 e. The molecule has 3 rings (SSSR count). The van der Waals surface area contributed by atoms with Crippen LogP contribution < -0.4 is 5.32 Å². The van der Waals surface area contributed by atoms with Gasteiger partial charge in [-0.3, -0.25) is 14.6 Å². The highest BCUT2D eigenvalue weighted by Crippen LogP contribution is 2.17. The van der Waals surface area contributed by atoms with Crippen LogP contribution in [0.5, 0.6) is 0 Å². The van der Waals surface area contributed by atoms with Crippen molar-refractivity contribution < 1.29 is 13.6 Å². The number of amides is 1. The number of nitrogens with one attached hydrogen (secondary N) is 1. The van der Waals surface area contributed by atoms with Crippen LogP contribution in [-0.2, 0) is 11.3 Å². The van der Waals surface area contributed by atoms with E-state index in [0.717, 1.165) is 49.9 Å².